The summed E-state index contributed by atoms with van der Waals surface area (Å²) in [5.41, 5.74) is 0. The van der Waals surface area contributed by atoms with Crippen molar-refractivity contribution in [2.75, 3.05) is 0 Å². The molecular formula is C13H25ClO. The maximum Gasteiger partial charge on any atom is 0.0616 e. The van der Waals surface area contributed by atoms with Crippen molar-refractivity contribution in [2.24, 2.45) is 5.92 Å². The third-order valence-corrected chi connectivity index (χ3v) is 3.46. The molecule has 15 heavy (non-hydrogen) atoms. The number of hydrogen-bond donors (Lipinski definition) is 1. The average molecular weight is 233 g/mol. The molecule has 0 aromatic heterocycles. The van der Waals surface area contributed by atoms with E-state index in [1.54, 1.807) is 6.08 Å². The minimum absolute atomic E-state index is 0.108. The van der Waals surface area contributed by atoms with Crippen LogP contribution >= 0.6 is 11.6 Å². The van der Waals surface area contributed by atoms with Crippen molar-refractivity contribution < 1.29 is 5.11 Å². The molecule has 0 aromatic rings. The van der Waals surface area contributed by atoms with Gasteiger partial charge in [-0.15, -0.1) is 18.2 Å². The first-order chi connectivity index (χ1) is 7.17. The van der Waals surface area contributed by atoms with Gasteiger partial charge in [-0.3, -0.25) is 0 Å². The van der Waals surface area contributed by atoms with Gasteiger partial charge in [0, 0.05) is 11.3 Å². The van der Waals surface area contributed by atoms with Crippen LogP contribution in [-0.4, -0.2) is 16.6 Å². The van der Waals surface area contributed by atoms with Crippen LogP contribution in [0.15, 0.2) is 12.7 Å². The molecule has 0 bridgehead atoms. The normalized spacial score (nSPS) is 17.1. The molecule has 0 aromatic carbocycles. The van der Waals surface area contributed by atoms with Crippen molar-refractivity contribution in [1.82, 2.24) is 0 Å². The number of aliphatic hydroxyl groups excluding tert-OH is 1. The minimum Gasteiger partial charge on any atom is -0.392 e. The molecule has 0 saturated carbocycles. The van der Waals surface area contributed by atoms with Gasteiger partial charge in [0.2, 0.25) is 0 Å². The first-order valence-electron chi connectivity index (χ1n) is 6.10. The van der Waals surface area contributed by atoms with Crippen molar-refractivity contribution in [3.63, 3.8) is 0 Å². The molecular weight excluding hydrogens is 208 g/mol. The van der Waals surface area contributed by atoms with Gasteiger partial charge in [-0.05, 0) is 19.3 Å². The Labute approximate surface area is 99.5 Å². The molecule has 0 aliphatic heterocycles. The predicted molar refractivity (Wildman–Crippen MR) is 68.4 cm³/mol. The van der Waals surface area contributed by atoms with Crippen LogP contribution < -0.4 is 0 Å². The second kappa shape index (κ2) is 9.23. The maximum atomic E-state index is 9.88. The Kier molecular flexibility index (Phi) is 9.23. The lowest BCUT2D eigenvalue weighted by molar-refractivity contribution is 0.103. The third-order valence-electron chi connectivity index (χ3n) is 2.92. The third kappa shape index (κ3) is 6.21. The Hall–Kier alpha value is -0.0100. The van der Waals surface area contributed by atoms with Gasteiger partial charge in [0.05, 0.1) is 6.10 Å². The largest absolute Gasteiger partial charge is 0.392 e. The van der Waals surface area contributed by atoms with Crippen LogP contribution in [-0.2, 0) is 0 Å². The summed E-state index contributed by atoms with van der Waals surface area (Å²) in [6, 6.07) is 0. The summed E-state index contributed by atoms with van der Waals surface area (Å²) in [7, 11) is 0. The summed E-state index contributed by atoms with van der Waals surface area (Å²) in [5, 5.41) is 9.99. The number of rotatable bonds is 9. The topological polar surface area (TPSA) is 20.2 Å². The highest BCUT2D eigenvalue weighted by Crippen LogP contribution is 2.25. The van der Waals surface area contributed by atoms with E-state index < -0.39 is 0 Å². The Morgan fingerprint density at radius 3 is 2.47 bits per heavy atom. The molecule has 0 amide bonds. The Balaban J connectivity index is 3.96. The fraction of sp³-hybridized carbons (Fsp3) is 0.846. The highest BCUT2D eigenvalue weighted by Gasteiger charge is 2.23. The van der Waals surface area contributed by atoms with Crippen molar-refractivity contribution in [2.45, 2.75) is 63.9 Å². The fourth-order valence-electron chi connectivity index (χ4n) is 1.92. The predicted octanol–water partition coefficient (Wildman–Crippen LogP) is 4.14. The summed E-state index contributed by atoms with van der Waals surface area (Å²) in [6.45, 7) is 7.93. The highest BCUT2D eigenvalue weighted by atomic mass is 35.5. The van der Waals surface area contributed by atoms with E-state index in [0.29, 0.717) is 6.42 Å². The van der Waals surface area contributed by atoms with Gasteiger partial charge in [0.1, 0.15) is 0 Å². The van der Waals surface area contributed by atoms with Crippen LogP contribution in [0.3, 0.4) is 0 Å². The van der Waals surface area contributed by atoms with E-state index >= 15 is 0 Å². The van der Waals surface area contributed by atoms with E-state index in [1.807, 2.05) is 0 Å². The highest BCUT2D eigenvalue weighted by molar-refractivity contribution is 6.20. The number of aliphatic hydroxyl groups is 1. The summed E-state index contributed by atoms with van der Waals surface area (Å²) in [5.74, 6) is 0.210. The summed E-state index contributed by atoms with van der Waals surface area (Å²) in [6.07, 6.45) is 7.67. The van der Waals surface area contributed by atoms with Crippen molar-refractivity contribution >= 4 is 11.6 Å². The maximum absolute atomic E-state index is 9.88. The fourth-order valence-corrected chi connectivity index (χ4v) is 2.42. The zero-order valence-corrected chi connectivity index (χ0v) is 10.8. The van der Waals surface area contributed by atoms with Crippen LogP contribution in [0, 0.1) is 5.92 Å². The van der Waals surface area contributed by atoms with Gasteiger partial charge >= 0.3 is 0 Å². The Morgan fingerprint density at radius 2 is 2.00 bits per heavy atom. The summed E-state index contributed by atoms with van der Waals surface area (Å²) < 4.78 is 0. The molecule has 1 nitrogen and oxygen atoms in total. The number of alkyl halides is 1. The second-order valence-corrected chi connectivity index (χ2v) is 4.74. The van der Waals surface area contributed by atoms with E-state index in [4.69, 9.17) is 11.6 Å². The molecule has 0 aliphatic rings. The molecule has 0 aliphatic carbocycles. The molecule has 0 rings (SSSR count). The van der Waals surface area contributed by atoms with Crippen LogP contribution in [0.5, 0.6) is 0 Å². The van der Waals surface area contributed by atoms with E-state index in [0.717, 1.165) is 12.8 Å². The lowest BCUT2D eigenvalue weighted by Gasteiger charge is -2.25. The summed E-state index contributed by atoms with van der Waals surface area (Å²) >= 11 is 6.32. The van der Waals surface area contributed by atoms with E-state index in [2.05, 4.69) is 20.4 Å². The molecule has 3 unspecified atom stereocenters. The lowest BCUT2D eigenvalue weighted by atomic mass is 9.90. The quantitative estimate of drug-likeness (QED) is 0.360. The standard InChI is InChI=1S/C13H25ClO/c1-4-7-8-10-12(14)11(6-3)13(15)9-5-2/h5,11-13,15H,2,4,6-10H2,1,3H3. The van der Waals surface area contributed by atoms with Gasteiger partial charge in [0.15, 0.2) is 0 Å². The minimum atomic E-state index is -0.323. The molecule has 0 heterocycles. The Bertz CT molecular complexity index is 159. The van der Waals surface area contributed by atoms with Crippen molar-refractivity contribution in [3.8, 4) is 0 Å². The van der Waals surface area contributed by atoms with Crippen LogP contribution in [0.2, 0.25) is 0 Å². The molecule has 90 valence electrons. The monoisotopic (exact) mass is 232 g/mol. The zero-order chi connectivity index (χ0) is 11.7. The van der Waals surface area contributed by atoms with Gasteiger partial charge in [-0.25, -0.2) is 0 Å². The number of halogens is 1. The number of unbranched alkanes of at least 4 members (excludes halogenated alkanes) is 2. The SMILES string of the molecule is C=CCC(O)C(CC)C(Cl)CCCCC. The zero-order valence-electron chi connectivity index (χ0n) is 10.1. The van der Waals surface area contributed by atoms with E-state index in [9.17, 15) is 5.11 Å². The van der Waals surface area contributed by atoms with Gasteiger partial charge in [0.25, 0.3) is 0 Å². The van der Waals surface area contributed by atoms with E-state index in [1.165, 1.54) is 19.3 Å². The molecule has 1 N–H and O–H groups in total. The smallest absolute Gasteiger partial charge is 0.0616 e. The van der Waals surface area contributed by atoms with Crippen LogP contribution in [0.4, 0.5) is 0 Å². The molecule has 0 saturated heterocycles. The summed E-state index contributed by atoms with van der Waals surface area (Å²) in [4.78, 5) is 0. The van der Waals surface area contributed by atoms with Crippen molar-refractivity contribution in [1.29, 1.82) is 0 Å². The van der Waals surface area contributed by atoms with Crippen LogP contribution in [0.1, 0.15) is 52.4 Å². The average Bonchev–Trinajstić information content (AvgIpc) is 2.19. The second-order valence-electron chi connectivity index (χ2n) is 4.18. The van der Waals surface area contributed by atoms with Gasteiger partial charge in [-0.1, -0.05) is 39.2 Å². The van der Waals surface area contributed by atoms with Gasteiger partial charge in [-0.2, -0.15) is 0 Å². The molecule has 0 fully saturated rings. The Morgan fingerprint density at radius 1 is 1.33 bits per heavy atom. The number of hydrogen-bond acceptors (Lipinski definition) is 1. The van der Waals surface area contributed by atoms with Gasteiger partial charge < -0.3 is 5.11 Å². The van der Waals surface area contributed by atoms with Crippen molar-refractivity contribution in [3.05, 3.63) is 12.7 Å². The first kappa shape index (κ1) is 15.0. The first-order valence-corrected chi connectivity index (χ1v) is 6.53. The lowest BCUT2D eigenvalue weighted by Crippen LogP contribution is -2.27. The molecule has 3 atom stereocenters. The molecule has 0 radical (unpaired) electrons. The van der Waals surface area contributed by atoms with Crippen LogP contribution in [0.25, 0.3) is 0 Å². The molecule has 2 heteroatoms. The van der Waals surface area contributed by atoms with E-state index in [-0.39, 0.29) is 17.4 Å². The molecule has 0 spiro atoms.